The summed E-state index contributed by atoms with van der Waals surface area (Å²) in [6.45, 7) is 0.240. The average molecular weight is 347 g/mol. The van der Waals surface area contributed by atoms with Crippen LogP contribution in [0.15, 0.2) is 65.9 Å². The third kappa shape index (κ3) is 2.02. The normalized spacial score (nSPS) is 20.0. The number of benzene rings is 2. The zero-order valence-electron chi connectivity index (χ0n) is 13.6. The number of para-hydroxylation sites is 1. The maximum atomic E-state index is 14.8. The molecule has 6 heteroatoms. The van der Waals surface area contributed by atoms with Gasteiger partial charge in [0, 0.05) is 40.7 Å². The molecule has 0 amide bonds. The van der Waals surface area contributed by atoms with Crippen molar-refractivity contribution in [2.45, 2.75) is 5.54 Å². The molecule has 2 aromatic carbocycles. The zero-order chi connectivity index (χ0) is 17.7. The van der Waals surface area contributed by atoms with Crippen LogP contribution < -0.4 is 10.5 Å². The standard InChI is InChI=1S/C20H14FN3O2/c21-16-9-18-15(8-13(16)12-4-3-7-23-10-12)20(11-25-19(22)24-20)14-5-1-2-6-17(14)26-18/h1-10H,11H2,(H2,22,24)/t20-/m1/s1. The molecule has 26 heavy (non-hydrogen) atoms. The van der Waals surface area contributed by atoms with Gasteiger partial charge in [0.05, 0.1) is 0 Å². The summed E-state index contributed by atoms with van der Waals surface area (Å²) in [6, 6.07) is 14.4. The lowest BCUT2D eigenvalue weighted by atomic mass is 9.80. The van der Waals surface area contributed by atoms with Gasteiger partial charge in [-0.25, -0.2) is 9.38 Å². The first-order valence-electron chi connectivity index (χ1n) is 8.17. The van der Waals surface area contributed by atoms with E-state index < -0.39 is 5.54 Å². The Balaban J connectivity index is 1.79. The number of hydrogen-bond acceptors (Lipinski definition) is 5. The summed E-state index contributed by atoms with van der Waals surface area (Å²) in [5, 5.41) is 0. The first-order valence-corrected chi connectivity index (χ1v) is 8.17. The highest BCUT2D eigenvalue weighted by molar-refractivity contribution is 5.78. The third-order valence-corrected chi connectivity index (χ3v) is 4.77. The number of ether oxygens (including phenoxy) is 2. The molecule has 0 unspecified atom stereocenters. The number of hydrogen-bond donors (Lipinski definition) is 1. The fourth-order valence-corrected chi connectivity index (χ4v) is 3.57. The van der Waals surface area contributed by atoms with Crippen molar-refractivity contribution in [3.63, 3.8) is 0 Å². The summed E-state index contributed by atoms with van der Waals surface area (Å²) in [5.74, 6) is 0.647. The smallest absolute Gasteiger partial charge is 0.283 e. The molecule has 2 aliphatic heterocycles. The molecule has 0 fully saturated rings. The molecule has 128 valence electrons. The number of aromatic nitrogens is 1. The molecule has 2 N–H and O–H groups in total. The maximum absolute atomic E-state index is 14.8. The largest absolute Gasteiger partial charge is 0.462 e. The molecule has 0 radical (unpaired) electrons. The van der Waals surface area contributed by atoms with Gasteiger partial charge in [0.15, 0.2) is 5.54 Å². The number of pyridine rings is 1. The van der Waals surface area contributed by atoms with Crippen LogP contribution in [-0.2, 0) is 10.3 Å². The molecule has 0 saturated carbocycles. The van der Waals surface area contributed by atoms with Crippen molar-refractivity contribution >= 4 is 6.02 Å². The molecule has 5 nitrogen and oxygen atoms in total. The van der Waals surface area contributed by atoms with Gasteiger partial charge in [-0.15, -0.1) is 0 Å². The Bertz CT molecular complexity index is 1050. The van der Waals surface area contributed by atoms with Gasteiger partial charge in [-0.3, -0.25) is 4.98 Å². The van der Waals surface area contributed by atoms with Crippen LogP contribution in [0.3, 0.4) is 0 Å². The van der Waals surface area contributed by atoms with Crippen molar-refractivity contribution in [1.82, 2.24) is 4.98 Å². The van der Waals surface area contributed by atoms with Gasteiger partial charge >= 0.3 is 0 Å². The van der Waals surface area contributed by atoms with E-state index in [1.54, 1.807) is 24.5 Å². The summed E-state index contributed by atoms with van der Waals surface area (Å²) < 4.78 is 26.2. The summed E-state index contributed by atoms with van der Waals surface area (Å²) in [7, 11) is 0. The Morgan fingerprint density at radius 3 is 2.69 bits per heavy atom. The lowest BCUT2D eigenvalue weighted by molar-refractivity contribution is 0.264. The van der Waals surface area contributed by atoms with Crippen LogP contribution in [0, 0.1) is 5.82 Å². The maximum Gasteiger partial charge on any atom is 0.283 e. The highest BCUT2D eigenvalue weighted by atomic mass is 19.1. The van der Waals surface area contributed by atoms with Crippen LogP contribution in [0.2, 0.25) is 0 Å². The Kier molecular flexibility index (Phi) is 3.03. The summed E-state index contributed by atoms with van der Waals surface area (Å²) in [5.41, 5.74) is 7.66. The predicted molar refractivity (Wildman–Crippen MR) is 94.5 cm³/mol. The molecular weight excluding hydrogens is 333 g/mol. The first kappa shape index (κ1) is 14.9. The number of rotatable bonds is 1. The molecule has 3 aromatic rings. The number of nitrogens with two attached hydrogens (primary N) is 1. The summed E-state index contributed by atoms with van der Waals surface area (Å²) in [4.78, 5) is 8.66. The highest BCUT2D eigenvalue weighted by Crippen LogP contribution is 2.51. The number of amidine groups is 1. The van der Waals surface area contributed by atoms with Gasteiger partial charge in [-0.05, 0) is 18.2 Å². The fourth-order valence-electron chi connectivity index (χ4n) is 3.57. The van der Waals surface area contributed by atoms with Gasteiger partial charge in [0.25, 0.3) is 6.02 Å². The summed E-state index contributed by atoms with van der Waals surface area (Å²) >= 11 is 0. The van der Waals surface area contributed by atoms with E-state index in [-0.39, 0.29) is 18.4 Å². The lowest BCUT2D eigenvalue weighted by Gasteiger charge is -2.33. The fraction of sp³-hybridized carbons (Fsp3) is 0.100. The minimum absolute atomic E-state index is 0.111. The number of nitrogens with zero attached hydrogens (tertiary/aromatic N) is 2. The second-order valence-electron chi connectivity index (χ2n) is 6.27. The average Bonchev–Trinajstić information content (AvgIpc) is 3.05. The van der Waals surface area contributed by atoms with Gasteiger partial charge in [0.1, 0.15) is 23.9 Å². The lowest BCUT2D eigenvalue weighted by Crippen LogP contribution is -2.31. The predicted octanol–water partition coefficient (Wildman–Crippen LogP) is 3.58. The molecule has 0 saturated heterocycles. The number of aliphatic imine (C=N–C) groups is 1. The van der Waals surface area contributed by atoms with E-state index in [4.69, 9.17) is 15.2 Å². The van der Waals surface area contributed by atoms with Crippen molar-refractivity contribution in [3.8, 4) is 22.6 Å². The van der Waals surface area contributed by atoms with Crippen LogP contribution in [0.4, 0.5) is 4.39 Å². The van der Waals surface area contributed by atoms with Gasteiger partial charge in [0.2, 0.25) is 0 Å². The van der Waals surface area contributed by atoms with Crippen LogP contribution in [0.25, 0.3) is 11.1 Å². The molecule has 2 aliphatic rings. The Morgan fingerprint density at radius 1 is 1.04 bits per heavy atom. The van der Waals surface area contributed by atoms with Crippen LogP contribution in [0.5, 0.6) is 11.5 Å². The van der Waals surface area contributed by atoms with E-state index in [1.165, 1.54) is 6.07 Å². The van der Waals surface area contributed by atoms with E-state index in [2.05, 4.69) is 9.98 Å². The van der Waals surface area contributed by atoms with Crippen molar-refractivity contribution < 1.29 is 13.9 Å². The van der Waals surface area contributed by atoms with Gasteiger partial charge in [-0.2, -0.15) is 0 Å². The highest BCUT2D eigenvalue weighted by Gasteiger charge is 2.47. The van der Waals surface area contributed by atoms with E-state index in [0.29, 0.717) is 22.6 Å². The second kappa shape index (κ2) is 5.29. The van der Waals surface area contributed by atoms with Crippen LogP contribution in [0.1, 0.15) is 11.1 Å². The minimum atomic E-state index is -0.848. The van der Waals surface area contributed by atoms with E-state index in [9.17, 15) is 4.39 Å². The molecule has 3 heterocycles. The quantitative estimate of drug-likeness (QED) is 0.730. The minimum Gasteiger partial charge on any atom is -0.462 e. The number of fused-ring (bicyclic) bond motifs is 4. The molecule has 0 aliphatic carbocycles. The van der Waals surface area contributed by atoms with Crippen molar-refractivity contribution in [3.05, 3.63) is 77.9 Å². The SMILES string of the molecule is NC1=N[C@]2(CO1)c1ccccc1Oc1cc(F)c(-c3cccnc3)cc12. The third-order valence-electron chi connectivity index (χ3n) is 4.77. The molecule has 0 bridgehead atoms. The Morgan fingerprint density at radius 2 is 1.92 bits per heavy atom. The summed E-state index contributed by atoms with van der Waals surface area (Å²) in [6.07, 6.45) is 3.27. The Hall–Kier alpha value is -3.41. The van der Waals surface area contributed by atoms with Crippen molar-refractivity contribution in [1.29, 1.82) is 0 Å². The van der Waals surface area contributed by atoms with Crippen LogP contribution >= 0.6 is 0 Å². The van der Waals surface area contributed by atoms with Crippen molar-refractivity contribution in [2.24, 2.45) is 10.7 Å². The molecule has 1 spiro atoms. The van der Waals surface area contributed by atoms with Crippen LogP contribution in [-0.4, -0.2) is 17.6 Å². The zero-order valence-corrected chi connectivity index (χ0v) is 13.6. The van der Waals surface area contributed by atoms with E-state index in [1.807, 2.05) is 30.3 Å². The van der Waals surface area contributed by atoms with Gasteiger partial charge in [-0.1, -0.05) is 24.3 Å². The second-order valence-corrected chi connectivity index (χ2v) is 6.27. The molecular formula is C20H14FN3O2. The molecule has 1 atom stereocenters. The molecule has 5 rings (SSSR count). The van der Waals surface area contributed by atoms with Gasteiger partial charge < -0.3 is 15.2 Å². The van der Waals surface area contributed by atoms with E-state index in [0.717, 1.165) is 11.1 Å². The number of halogens is 1. The van der Waals surface area contributed by atoms with E-state index >= 15 is 0 Å². The first-order chi connectivity index (χ1) is 12.7. The topological polar surface area (TPSA) is 69.7 Å². The monoisotopic (exact) mass is 347 g/mol. The molecule has 1 aromatic heterocycles. The van der Waals surface area contributed by atoms with Crippen molar-refractivity contribution in [2.75, 3.05) is 6.61 Å². The Labute approximate surface area is 148 Å².